The predicted octanol–water partition coefficient (Wildman–Crippen LogP) is 2.46. The van der Waals surface area contributed by atoms with Crippen LogP contribution in [0.2, 0.25) is 5.02 Å². The van der Waals surface area contributed by atoms with Gasteiger partial charge in [0.2, 0.25) is 0 Å². The summed E-state index contributed by atoms with van der Waals surface area (Å²) in [4.78, 5) is 13.8. The standard InChI is InChI=1S/C8H10ClN3O2/c1-5(2)11-8-6(9)3-10-4-7(8)12(13)14/h3-5H,1-2H3,(H,10,11). The first-order chi connectivity index (χ1) is 6.52. The van der Waals surface area contributed by atoms with Gasteiger partial charge < -0.3 is 5.32 Å². The summed E-state index contributed by atoms with van der Waals surface area (Å²) in [6, 6.07) is 0.0774. The Balaban J connectivity index is 3.15. The lowest BCUT2D eigenvalue weighted by Gasteiger charge is -2.10. The van der Waals surface area contributed by atoms with E-state index in [4.69, 9.17) is 11.6 Å². The average Bonchev–Trinajstić information content (AvgIpc) is 2.07. The van der Waals surface area contributed by atoms with Crippen molar-refractivity contribution in [1.82, 2.24) is 4.98 Å². The van der Waals surface area contributed by atoms with Gasteiger partial charge in [-0.05, 0) is 13.8 Å². The van der Waals surface area contributed by atoms with Crippen molar-refractivity contribution in [2.75, 3.05) is 5.32 Å². The molecule has 76 valence electrons. The largest absolute Gasteiger partial charge is 0.376 e. The Morgan fingerprint density at radius 1 is 1.57 bits per heavy atom. The van der Waals surface area contributed by atoms with Crippen LogP contribution in [0.5, 0.6) is 0 Å². The van der Waals surface area contributed by atoms with Crippen molar-refractivity contribution in [2.24, 2.45) is 0 Å². The normalized spacial score (nSPS) is 10.3. The van der Waals surface area contributed by atoms with Gasteiger partial charge in [0.15, 0.2) is 0 Å². The number of nitro groups is 1. The number of aromatic nitrogens is 1. The van der Waals surface area contributed by atoms with E-state index in [2.05, 4.69) is 10.3 Å². The van der Waals surface area contributed by atoms with Crippen LogP contribution >= 0.6 is 11.6 Å². The molecule has 0 aromatic carbocycles. The molecular formula is C8H10ClN3O2. The van der Waals surface area contributed by atoms with Gasteiger partial charge in [-0.15, -0.1) is 0 Å². The Kier molecular flexibility index (Phi) is 3.24. The first-order valence-corrected chi connectivity index (χ1v) is 4.44. The van der Waals surface area contributed by atoms with Crippen LogP contribution in [0.15, 0.2) is 12.4 Å². The van der Waals surface area contributed by atoms with Crippen LogP contribution < -0.4 is 5.32 Å². The quantitative estimate of drug-likeness (QED) is 0.621. The lowest BCUT2D eigenvalue weighted by molar-refractivity contribution is -0.384. The van der Waals surface area contributed by atoms with E-state index in [1.807, 2.05) is 13.8 Å². The molecule has 0 spiro atoms. The maximum absolute atomic E-state index is 10.6. The molecule has 1 aromatic heterocycles. The highest BCUT2D eigenvalue weighted by Gasteiger charge is 2.17. The van der Waals surface area contributed by atoms with Crippen molar-refractivity contribution in [3.63, 3.8) is 0 Å². The van der Waals surface area contributed by atoms with Crippen LogP contribution in [0, 0.1) is 10.1 Å². The van der Waals surface area contributed by atoms with Gasteiger partial charge in [0.25, 0.3) is 0 Å². The van der Waals surface area contributed by atoms with Gasteiger partial charge >= 0.3 is 5.69 Å². The Bertz CT molecular complexity index is 354. The molecule has 0 saturated carbocycles. The van der Waals surface area contributed by atoms with Crippen LogP contribution in [-0.4, -0.2) is 15.9 Å². The number of hydrogen-bond acceptors (Lipinski definition) is 4. The van der Waals surface area contributed by atoms with Crippen molar-refractivity contribution in [2.45, 2.75) is 19.9 Å². The van der Waals surface area contributed by atoms with Crippen LogP contribution in [0.1, 0.15) is 13.8 Å². The minimum Gasteiger partial charge on any atom is -0.376 e. The molecule has 1 aromatic rings. The fourth-order valence-corrected chi connectivity index (χ4v) is 1.20. The number of rotatable bonds is 3. The number of hydrogen-bond donors (Lipinski definition) is 1. The van der Waals surface area contributed by atoms with Crippen molar-refractivity contribution in [1.29, 1.82) is 0 Å². The fraction of sp³-hybridized carbons (Fsp3) is 0.375. The third kappa shape index (κ3) is 2.32. The fourth-order valence-electron chi connectivity index (χ4n) is 0.995. The van der Waals surface area contributed by atoms with Gasteiger partial charge in [-0.25, -0.2) is 0 Å². The molecule has 0 fully saturated rings. The van der Waals surface area contributed by atoms with Crippen molar-refractivity contribution >= 4 is 23.0 Å². The summed E-state index contributed by atoms with van der Waals surface area (Å²) in [6.07, 6.45) is 2.55. The molecule has 1 rings (SSSR count). The van der Waals surface area contributed by atoms with Crippen LogP contribution in [0.4, 0.5) is 11.4 Å². The Hall–Kier alpha value is -1.36. The first-order valence-electron chi connectivity index (χ1n) is 4.06. The molecular weight excluding hydrogens is 206 g/mol. The predicted molar refractivity (Wildman–Crippen MR) is 54.7 cm³/mol. The molecule has 14 heavy (non-hydrogen) atoms. The van der Waals surface area contributed by atoms with E-state index >= 15 is 0 Å². The van der Waals surface area contributed by atoms with E-state index in [0.29, 0.717) is 5.69 Å². The molecule has 0 aliphatic heterocycles. The molecule has 0 aliphatic rings. The zero-order valence-electron chi connectivity index (χ0n) is 7.82. The van der Waals surface area contributed by atoms with E-state index in [9.17, 15) is 10.1 Å². The lowest BCUT2D eigenvalue weighted by Crippen LogP contribution is -2.11. The van der Waals surface area contributed by atoms with Gasteiger partial charge in [-0.1, -0.05) is 11.6 Å². The van der Waals surface area contributed by atoms with E-state index < -0.39 is 4.92 Å². The highest BCUT2D eigenvalue weighted by atomic mass is 35.5. The highest BCUT2D eigenvalue weighted by Crippen LogP contribution is 2.30. The minimum atomic E-state index is -0.510. The molecule has 0 atom stereocenters. The van der Waals surface area contributed by atoms with Gasteiger partial charge in [0.05, 0.1) is 9.95 Å². The van der Waals surface area contributed by atoms with Gasteiger partial charge in [0.1, 0.15) is 11.9 Å². The molecule has 0 aliphatic carbocycles. The molecule has 1 N–H and O–H groups in total. The molecule has 0 amide bonds. The van der Waals surface area contributed by atoms with Gasteiger partial charge in [0, 0.05) is 12.2 Å². The summed E-state index contributed by atoms with van der Waals surface area (Å²) < 4.78 is 0. The zero-order valence-corrected chi connectivity index (χ0v) is 8.58. The van der Waals surface area contributed by atoms with Crippen molar-refractivity contribution < 1.29 is 4.92 Å². The van der Waals surface area contributed by atoms with Crippen LogP contribution in [0.25, 0.3) is 0 Å². The summed E-state index contributed by atoms with van der Waals surface area (Å²) >= 11 is 5.79. The minimum absolute atomic E-state index is 0.0774. The molecule has 5 nitrogen and oxygen atoms in total. The first kappa shape index (κ1) is 10.7. The smallest absolute Gasteiger partial charge is 0.311 e. The third-order valence-corrected chi connectivity index (χ3v) is 1.80. The van der Waals surface area contributed by atoms with Gasteiger partial charge in [-0.3, -0.25) is 15.1 Å². The third-order valence-electron chi connectivity index (χ3n) is 1.51. The summed E-state index contributed by atoms with van der Waals surface area (Å²) in [5, 5.41) is 13.8. The monoisotopic (exact) mass is 215 g/mol. The molecule has 0 saturated heterocycles. The van der Waals surface area contributed by atoms with E-state index in [1.54, 1.807) is 0 Å². The van der Waals surface area contributed by atoms with E-state index in [1.165, 1.54) is 12.4 Å². The summed E-state index contributed by atoms with van der Waals surface area (Å²) in [7, 11) is 0. The van der Waals surface area contributed by atoms with Crippen molar-refractivity contribution in [3.05, 3.63) is 27.5 Å². The number of halogens is 1. The van der Waals surface area contributed by atoms with Crippen LogP contribution in [0.3, 0.4) is 0 Å². The summed E-state index contributed by atoms with van der Waals surface area (Å²) in [6.45, 7) is 3.75. The summed E-state index contributed by atoms with van der Waals surface area (Å²) in [5.41, 5.74) is 0.216. The molecule has 1 heterocycles. The maximum atomic E-state index is 10.6. The van der Waals surface area contributed by atoms with Crippen molar-refractivity contribution in [3.8, 4) is 0 Å². The highest BCUT2D eigenvalue weighted by molar-refractivity contribution is 6.33. The second-order valence-electron chi connectivity index (χ2n) is 3.07. The van der Waals surface area contributed by atoms with E-state index in [-0.39, 0.29) is 16.8 Å². The number of pyridine rings is 1. The molecule has 6 heteroatoms. The molecule has 0 bridgehead atoms. The van der Waals surface area contributed by atoms with Gasteiger partial charge in [-0.2, -0.15) is 0 Å². The Morgan fingerprint density at radius 3 is 2.71 bits per heavy atom. The zero-order chi connectivity index (χ0) is 10.7. The lowest BCUT2D eigenvalue weighted by atomic mass is 10.3. The maximum Gasteiger partial charge on any atom is 0.311 e. The molecule has 0 radical (unpaired) electrons. The molecule has 0 unspecified atom stereocenters. The average molecular weight is 216 g/mol. The SMILES string of the molecule is CC(C)Nc1c(Cl)cncc1[N+](=O)[O-]. The van der Waals surface area contributed by atoms with Crippen LogP contribution in [-0.2, 0) is 0 Å². The number of nitrogens with one attached hydrogen (secondary N) is 1. The number of nitrogens with zero attached hydrogens (tertiary/aromatic N) is 2. The summed E-state index contributed by atoms with van der Waals surface area (Å²) in [5.74, 6) is 0. The second-order valence-corrected chi connectivity index (χ2v) is 3.48. The second kappa shape index (κ2) is 4.23. The topological polar surface area (TPSA) is 68.1 Å². The van der Waals surface area contributed by atoms with E-state index in [0.717, 1.165) is 0 Å². The Morgan fingerprint density at radius 2 is 2.21 bits per heavy atom. The Labute approximate surface area is 86.3 Å². The number of anilines is 1.